The van der Waals surface area contributed by atoms with Gasteiger partial charge in [0.15, 0.2) is 0 Å². The number of nitrogens with zero attached hydrogens (tertiary/aromatic N) is 1. The van der Waals surface area contributed by atoms with Gasteiger partial charge in [0.05, 0.1) is 6.04 Å². The number of aromatic nitrogens is 1. The Morgan fingerprint density at radius 2 is 1.71 bits per heavy atom. The van der Waals surface area contributed by atoms with E-state index in [0.717, 1.165) is 22.0 Å². The second-order valence-corrected chi connectivity index (χ2v) is 11.1. The van der Waals surface area contributed by atoms with E-state index in [4.69, 9.17) is 5.73 Å². The molecule has 1 saturated heterocycles. The van der Waals surface area contributed by atoms with Gasteiger partial charge in [-0.2, -0.15) is 0 Å². The second-order valence-electron chi connectivity index (χ2n) is 11.1. The van der Waals surface area contributed by atoms with Crippen molar-refractivity contribution in [1.29, 1.82) is 0 Å². The number of likely N-dealkylation sites (tertiary alicyclic amines) is 1. The van der Waals surface area contributed by atoms with E-state index in [1.54, 1.807) is 12.1 Å². The standard InChI is InChI=1S/C31H39N5O5/c1-19(2)15-23(32)28(37)34-25(17-21-18-33-24-12-7-6-11-22(21)24)30(39)36-14-8-13-27(36)29(38)35-26(31(40)41)16-20-9-4-3-5-10-20/h3-7,9-12,18-19,23,25-27,33H,8,13-17,32H2,1-2H3,(H,34,37)(H,35,38)(H,40,41)/t23-,25-,26-,27+/m0/s1. The Morgan fingerprint density at radius 1 is 1.00 bits per heavy atom. The summed E-state index contributed by atoms with van der Waals surface area (Å²) in [4.78, 5) is 57.0. The third-order valence-electron chi connectivity index (χ3n) is 7.51. The monoisotopic (exact) mass is 561 g/mol. The first kappa shape index (κ1) is 29.8. The Morgan fingerprint density at radius 3 is 2.41 bits per heavy atom. The number of hydrogen-bond acceptors (Lipinski definition) is 5. The molecule has 41 heavy (non-hydrogen) atoms. The number of carboxylic acid groups (broad SMARTS) is 1. The summed E-state index contributed by atoms with van der Waals surface area (Å²) in [7, 11) is 0. The average molecular weight is 562 g/mol. The zero-order chi connectivity index (χ0) is 29.5. The Bertz CT molecular complexity index is 1370. The summed E-state index contributed by atoms with van der Waals surface area (Å²) in [5, 5.41) is 16.2. The molecule has 6 N–H and O–H groups in total. The Kier molecular flexibility index (Phi) is 9.78. The number of fused-ring (bicyclic) bond motifs is 1. The van der Waals surface area contributed by atoms with Crippen molar-refractivity contribution in [2.45, 2.75) is 70.1 Å². The van der Waals surface area contributed by atoms with Crippen molar-refractivity contribution in [3.63, 3.8) is 0 Å². The van der Waals surface area contributed by atoms with Crippen LogP contribution in [-0.4, -0.2) is 69.4 Å². The topological polar surface area (TPSA) is 158 Å². The molecule has 0 bridgehead atoms. The highest BCUT2D eigenvalue weighted by molar-refractivity contribution is 5.95. The Hall–Kier alpha value is -4.18. The number of nitrogens with one attached hydrogen (secondary N) is 3. The fourth-order valence-electron chi connectivity index (χ4n) is 5.44. The van der Waals surface area contributed by atoms with Crippen LogP contribution in [0, 0.1) is 5.92 Å². The number of carboxylic acids is 1. The van der Waals surface area contributed by atoms with Crippen molar-refractivity contribution >= 4 is 34.6 Å². The van der Waals surface area contributed by atoms with Crippen molar-refractivity contribution in [2.24, 2.45) is 11.7 Å². The molecule has 0 spiro atoms. The van der Waals surface area contributed by atoms with Gasteiger partial charge in [-0.05, 0) is 42.4 Å². The van der Waals surface area contributed by atoms with E-state index in [0.29, 0.717) is 25.8 Å². The summed E-state index contributed by atoms with van der Waals surface area (Å²) in [6, 6.07) is 13.0. The van der Waals surface area contributed by atoms with Crippen LogP contribution in [0.2, 0.25) is 0 Å². The van der Waals surface area contributed by atoms with Crippen LogP contribution in [0.3, 0.4) is 0 Å². The van der Waals surface area contributed by atoms with Gasteiger partial charge in [0.25, 0.3) is 0 Å². The van der Waals surface area contributed by atoms with E-state index >= 15 is 0 Å². The first-order valence-corrected chi connectivity index (χ1v) is 14.1. The number of aliphatic carboxylic acids is 1. The van der Waals surface area contributed by atoms with E-state index < -0.39 is 47.9 Å². The molecule has 218 valence electrons. The van der Waals surface area contributed by atoms with E-state index in [1.165, 1.54) is 4.90 Å². The molecule has 2 heterocycles. The molecule has 2 aromatic carbocycles. The van der Waals surface area contributed by atoms with Crippen LogP contribution >= 0.6 is 0 Å². The largest absolute Gasteiger partial charge is 0.480 e. The van der Waals surface area contributed by atoms with E-state index in [-0.39, 0.29) is 18.8 Å². The lowest BCUT2D eigenvalue weighted by atomic mass is 10.0. The normalized spacial score (nSPS) is 17.3. The Labute approximate surface area is 239 Å². The lowest BCUT2D eigenvalue weighted by Crippen LogP contribution is -2.57. The molecule has 1 fully saturated rings. The molecule has 0 saturated carbocycles. The quantitative estimate of drug-likeness (QED) is 0.228. The molecule has 0 aliphatic carbocycles. The maximum atomic E-state index is 14.0. The summed E-state index contributed by atoms with van der Waals surface area (Å²) in [6.45, 7) is 4.26. The first-order chi connectivity index (χ1) is 19.6. The van der Waals surface area contributed by atoms with Gasteiger partial charge >= 0.3 is 5.97 Å². The number of H-pyrrole nitrogens is 1. The minimum Gasteiger partial charge on any atom is -0.480 e. The van der Waals surface area contributed by atoms with Crippen molar-refractivity contribution in [1.82, 2.24) is 20.5 Å². The highest BCUT2D eigenvalue weighted by atomic mass is 16.4. The third-order valence-corrected chi connectivity index (χ3v) is 7.51. The number of benzene rings is 2. The van der Waals surface area contributed by atoms with Crippen molar-refractivity contribution in [3.8, 4) is 0 Å². The third kappa shape index (κ3) is 7.52. The predicted octanol–water partition coefficient (Wildman–Crippen LogP) is 2.37. The minimum atomic E-state index is -1.15. The van der Waals surface area contributed by atoms with Gasteiger partial charge in [0.2, 0.25) is 17.7 Å². The fourth-order valence-corrected chi connectivity index (χ4v) is 5.44. The van der Waals surface area contributed by atoms with E-state index in [2.05, 4.69) is 15.6 Å². The molecule has 1 aromatic heterocycles. The highest BCUT2D eigenvalue weighted by Gasteiger charge is 2.39. The number of amides is 3. The van der Waals surface area contributed by atoms with Crippen LogP contribution in [-0.2, 0) is 32.0 Å². The maximum Gasteiger partial charge on any atom is 0.326 e. The SMILES string of the molecule is CC(C)C[C@H](N)C(=O)N[C@@H](Cc1c[nH]c2ccccc12)C(=O)N1CCC[C@@H]1C(=O)N[C@@H](Cc1ccccc1)C(=O)O. The van der Waals surface area contributed by atoms with Gasteiger partial charge in [0, 0.05) is 36.5 Å². The van der Waals surface area contributed by atoms with Gasteiger partial charge in [-0.3, -0.25) is 14.4 Å². The van der Waals surface area contributed by atoms with Gasteiger partial charge in [-0.15, -0.1) is 0 Å². The summed E-state index contributed by atoms with van der Waals surface area (Å²) in [5.41, 5.74) is 8.68. The minimum absolute atomic E-state index is 0.121. The van der Waals surface area contributed by atoms with Crippen LogP contribution in [0.25, 0.3) is 10.9 Å². The highest BCUT2D eigenvalue weighted by Crippen LogP contribution is 2.23. The molecule has 1 aliphatic rings. The lowest BCUT2D eigenvalue weighted by molar-refractivity contribution is -0.144. The number of nitrogens with two attached hydrogens (primary N) is 1. The zero-order valence-corrected chi connectivity index (χ0v) is 23.5. The lowest BCUT2D eigenvalue weighted by Gasteiger charge is -2.30. The molecule has 0 unspecified atom stereocenters. The van der Waals surface area contributed by atoms with Crippen LogP contribution in [0.15, 0.2) is 60.8 Å². The van der Waals surface area contributed by atoms with E-state index in [1.807, 2.05) is 62.5 Å². The zero-order valence-electron chi connectivity index (χ0n) is 23.5. The van der Waals surface area contributed by atoms with Crippen LogP contribution in [0.5, 0.6) is 0 Å². The van der Waals surface area contributed by atoms with Gasteiger partial charge < -0.3 is 31.4 Å². The number of carbonyl (C=O) groups is 4. The number of rotatable bonds is 12. The number of hydrogen-bond donors (Lipinski definition) is 5. The second kappa shape index (κ2) is 13.5. The molecule has 0 radical (unpaired) electrons. The molecule has 10 heteroatoms. The molecular formula is C31H39N5O5. The Balaban J connectivity index is 1.53. The molecule has 10 nitrogen and oxygen atoms in total. The number of aromatic amines is 1. The van der Waals surface area contributed by atoms with Crippen LogP contribution in [0.1, 0.15) is 44.2 Å². The summed E-state index contributed by atoms with van der Waals surface area (Å²) < 4.78 is 0. The smallest absolute Gasteiger partial charge is 0.326 e. The predicted molar refractivity (Wildman–Crippen MR) is 156 cm³/mol. The van der Waals surface area contributed by atoms with Crippen molar-refractivity contribution in [3.05, 3.63) is 71.9 Å². The molecule has 1 aliphatic heterocycles. The molecular weight excluding hydrogens is 522 g/mol. The number of para-hydroxylation sites is 1. The summed E-state index contributed by atoms with van der Waals surface area (Å²) >= 11 is 0. The van der Waals surface area contributed by atoms with Gasteiger partial charge in [-0.1, -0.05) is 62.4 Å². The number of carbonyl (C=O) groups excluding carboxylic acids is 3. The van der Waals surface area contributed by atoms with Gasteiger partial charge in [-0.25, -0.2) is 4.79 Å². The summed E-state index contributed by atoms with van der Waals surface area (Å²) in [6.07, 6.45) is 3.60. The molecule has 3 amide bonds. The van der Waals surface area contributed by atoms with Crippen LogP contribution < -0.4 is 16.4 Å². The maximum absolute atomic E-state index is 14.0. The molecule has 3 aromatic rings. The van der Waals surface area contributed by atoms with Crippen LogP contribution in [0.4, 0.5) is 0 Å². The van der Waals surface area contributed by atoms with Gasteiger partial charge in [0.1, 0.15) is 18.1 Å². The molecule has 4 rings (SSSR count). The molecule has 4 atom stereocenters. The first-order valence-electron chi connectivity index (χ1n) is 14.1. The van der Waals surface area contributed by atoms with E-state index in [9.17, 15) is 24.3 Å². The van der Waals surface area contributed by atoms with Crippen molar-refractivity contribution < 1.29 is 24.3 Å². The van der Waals surface area contributed by atoms with Crippen molar-refractivity contribution in [2.75, 3.05) is 6.54 Å². The average Bonchev–Trinajstić information content (AvgIpc) is 3.60. The fraction of sp³-hybridized carbons (Fsp3) is 0.419. The summed E-state index contributed by atoms with van der Waals surface area (Å²) in [5.74, 6) is -2.29.